The van der Waals surface area contributed by atoms with E-state index in [0.717, 1.165) is 25.7 Å². The molecule has 1 aliphatic heterocycles. The van der Waals surface area contributed by atoms with Gasteiger partial charge < -0.3 is 9.64 Å². The molecule has 114 valence electrons. The molecule has 1 spiro atoms. The highest BCUT2D eigenvalue weighted by Crippen LogP contribution is 2.39. The van der Waals surface area contributed by atoms with Gasteiger partial charge in [0.25, 0.3) is 0 Å². The third kappa shape index (κ3) is 3.40. The number of carbonyl (C=O) groups is 1. The first-order chi connectivity index (χ1) is 9.52. The van der Waals surface area contributed by atoms with Gasteiger partial charge in [0, 0.05) is 32.0 Å². The summed E-state index contributed by atoms with van der Waals surface area (Å²) in [7, 11) is 0. The number of hydrogen-bond acceptors (Lipinski definition) is 4. The van der Waals surface area contributed by atoms with Gasteiger partial charge in [0.05, 0.1) is 6.61 Å². The van der Waals surface area contributed by atoms with E-state index in [-0.39, 0.29) is 5.91 Å². The third-order valence-corrected chi connectivity index (χ3v) is 4.02. The van der Waals surface area contributed by atoms with Crippen LogP contribution in [0.3, 0.4) is 0 Å². The fraction of sp³-hybridized carbons (Fsp3) is 0.800. The van der Waals surface area contributed by atoms with Crippen molar-refractivity contribution in [2.45, 2.75) is 57.8 Å². The Morgan fingerprint density at radius 1 is 1.20 bits per heavy atom. The molecule has 0 N–H and O–H groups in total. The van der Waals surface area contributed by atoms with E-state index in [1.54, 1.807) is 17.1 Å². The van der Waals surface area contributed by atoms with Crippen LogP contribution in [0.25, 0.3) is 0 Å². The van der Waals surface area contributed by atoms with Gasteiger partial charge in [-0.25, -0.2) is 9.78 Å². The van der Waals surface area contributed by atoms with Crippen molar-refractivity contribution in [1.82, 2.24) is 4.90 Å². The first-order valence-corrected chi connectivity index (χ1v) is 7.51. The number of likely N-dealkylation sites (N-methyl/N-ethyl adjacent to an activating group) is 1. The standard InChI is InChI=1S/C15H25NO4/c1-4-16(5-2)13(17)8-11-14(3)12-18-15(20-19-14)9-6-7-10-15/h8,11H,4-7,9-10,12H2,1-3H3. The van der Waals surface area contributed by atoms with Gasteiger partial charge in [-0.05, 0) is 39.7 Å². The number of ether oxygens (including phenoxy) is 1. The quantitative estimate of drug-likeness (QED) is 0.587. The number of amides is 1. The predicted molar refractivity (Wildman–Crippen MR) is 74.8 cm³/mol. The Morgan fingerprint density at radius 2 is 1.85 bits per heavy atom. The van der Waals surface area contributed by atoms with Crippen molar-refractivity contribution in [3.05, 3.63) is 12.2 Å². The lowest BCUT2D eigenvalue weighted by Crippen LogP contribution is -2.48. The van der Waals surface area contributed by atoms with Gasteiger partial charge in [0.15, 0.2) is 0 Å². The van der Waals surface area contributed by atoms with E-state index in [1.165, 1.54) is 0 Å². The molecule has 2 rings (SSSR count). The minimum atomic E-state index is -0.698. The van der Waals surface area contributed by atoms with Gasteiger partial charge >= 0.3 is 0 Å². The van der Waals surface area contributed by atoms with Crippen LogP contribution < -0.4 is 0 Å². The highest BCUT2D eigenvalue weighted by molar-refractivity contribution is 5.87. The van der Waals surface area contributed by atoms with E-state index < -0.39 is 11.4 Å². The molecule has 5 nitrogen and oxygen atoms in total. The SMILES string of the molecule is CCN(CC)C(=O)C=CC1(C)COC2(CCCC2)OO1. The van der Waals surface area contributed by atoms with Gasteiger partial charge in [-0.2, -0.15) is 0 Å². The summed E-state index contributed by atoms with van der Waals surface area (Å²) in [5.74, 6) is -0.558. The zero-order chi connectivity index (χ0) is 14.6. The topological polar surface area (TPSA) is 48.0 Å². The lowest BCUT2D eigenvalue weighted by atomic mass is 10.1. The van der Waals surface area contributed by atoms with E-state index in [1.807, 2.05) is 20.8 Å². The van der Waals surface area contributed by atoms with Gasteiger partial charge in [0.2, 0.25) is 11.7 Å². The molecule has 1 atom stereocenters. The fourth-order valence-corrected chi connectivity index (χ4v) is 2.60. The lowest BCUT2D eigenvalue weighted by Gasteiger charge is -2.40. The zero-order valence-corrected chi connectivity index (χ0v) is 12.7. The van der Waals surface area contributed by atoms with E-state index in [4.69, 9.17) is 14.5 Å². The van der Waals surface area contributed by atoms with Crippen LogP contribution in [0, 0.1) is 0 Å². The highest BCUT2D eigenvalue weighted by atomic mass is 17.2. The van der Waals surface area contributed by atoms with E-state index in [9.17, 15) is 4.79 Å². The van der Waals surface area contributed by atoms with E-state index in [0.29, 0.717) is 19.7 Å². The van der Waals surface area contributed by atoms with Crippen molar-refractivity contribution in [3.8, 4) is 0 Å². The summed E-state index contributed by atoms with van der Waals surface area (Å²) in [6.07, 6.45) is 7.25. The molecule has 0 aromatic carbocycles. The molecule has 1 amide bonds. The summed E-state index contributed by atoms with van der Waals surface area (Å²) in [4.78, 5) is 24.7. The summed E-state index contributed by atoms with van der Waals surface area (Å²) in [5, 5.41) is 0. The van der Waals surface area contributed by atoms with Crippen molar-refractivity contribution in [3.63, 3.8) is 0 Å². The molecule has 20 heavy (non-hydrogen) atoms. The van der Waals surface area contributed by atoms with E-state index in [2.05, 4.69) is 0 Å². The molecule has 0 radical (unpaired) electrons. The molecule has 5 heteroatoms. The van der Waals surface area contributed by atoms with Gasteiger partial charge in [-0.1, -0.05) is 0 Å². The van der Waals surface area contributed by atoms with Gasteiger partial charge in [-0.3, -0.25) is 4.79 Å². The Labute approximate surface area is 120 Å². The van der Waals surface area contributed by atoms with Gasteiger partial charge in [0.1, 0.15) is 5.60 Å². The molecule has 2 aliphatic rings. The highest BCUT2D eigenvalue weighted by Gasteiger charge is 2.45. The smallest absolute Gasteiger partial charge is 0.246 e. The minimum absolute atomic E-state index is 0.0130. The largest absolute Gasteiger partial charge is 0.344 e. The van der Waals surface area contributed by atoms with Crippen molar-refractivity contribution in [1.29, 1.82) is 0 Å². The Morgan fingerprint density at radius 3 is 2.35 bits per heavy atom. The Bertz CT molecular complexity index is 360. The average molecular weight is 283 g/mol. The fourth-order valence-electron chi connectivity index (χ4n) is 2.60. The molecular weight excluding hydrogens is 258 g/mol. The molecule has 0 aromatic rings. The Kier molecular flexibility index (Phi) is 4.83. The summed E-state index contributed by atoms with van der Waals surface area (Å²) in [5.41, 5.74) is -0.698. The van der Waals surface area contributed by atoms with Crippen LogP contribution in [0.4, 0.5) is 0 Å². The van der Waals surface area contributed by atoms with Gasteiger partial charge in [-0.15, -0.1) is 0 Å². The van der Waals surface area contributed by atoms with Crippen LogP contribution >= 0.6 is 0 Å². The first-order valence-electron chi connectivity index (χ1n) is 7.51. The first kappa shape index (κ1) is 15.5. The monoisotopic (exact) mass is 283 g/mol. The molecule has 1 unspecified atom stereocenters. The molecule has 1 saturated carbocycles. The molecule has 0 bridgehead atoms. The summed E-state index contributed by atoms with van der Waals surface area (Å²) in [6.45, 7) is 7.60. The van der Waals surface area contributed by atoms with Crippen LogP contribution in [0.2, 0.25) is 0 Å². The number of rotatable bonds is 4. The predicted octanol–water partition coefficient (Wildman–Crippen LogP) is 2.42. The second-order valence-corrected chi connectivity index (χ2v) is 5.73. The Balaban J connectivity index is 1.91. The normalized spacial score (nSPS) is 29.1. The molecule has 2 fully saturated rings. The number of hydrogen-bond donors (Lipinski definition) is 0. The van der Waals surface area contributed by atoms with Crippen LogP contribution in [0.5, 0.6) is 0 Å². The van der Waals surface area contributed by atoms with Crippen molar-refractivity contribution in [2.75, 3.05) is 19.7 Å². The molecular formula is C15H25NO4. The lowest BCUT2D eigenvalue weighted by molar-refractivity contribution is -0.499. The molecule has 1 heterocycles. The second kappa shape index (κ2) is 6.24. The van der Waals surface area contributed by atoms with Crippen LogP contribution in [0.15, 0.2) is 12.2 Å². The van der Waals surface area contributed by atoms with Crippen LogP contribution in [-0.4, -0.2) is 41.9 Å². The van der Waals surface area contributed by atoms with Crippen molar-refractivity contribution >= 4 is 5.91 Å². The maximum absolute atomic E-state index is 11.9. The van der Waals surface area contributed by atoms with Crippen molar-refractivity contribution < 1.29 is 19.3 Å². The molecule has 0 aromatic heterocycles. The van der Waals surface area contributed by atoms with E-state index >= 15 is 0 Å². The minimum Gasteiger partial charge on any atom is -0.344 e. The number of nitrogens with zero attached hydrogens (tertiary/aromatic N) is 1. The summed E-state index contributed by atoms with van der Waals surface area (Å²) < 4.78 is 5.86. The molecule has 1 aliphatic carbocycles. The average Bonchev–Trinajstić information content (AvgIpc) is 2.91. The number of carbonyl (C=O) groups excluding carboxylic acids is 1. The summed E-state index contributed by atoms with van der Waals surface area (Å²) >= 11 is 0. The maximum atomic E-state index is 11.9. The third-order valence-electron chi connectivity index (χ3n) is 4.02. The zero-order valence-electron chi connectivity index (χ0n) is 12.7. The maximum Gasteiger partial charge on any atom is 0.246 e. The van der Waals surface area contributed by atoms with Crippen LogP contribution in [-0.2, 0) is 19.3 Å². The van der Waals surface area contributed by atoms with Crippen LogP contribution in [0.1, 0.15) is 46.5 Å². The van der Waals surface area contributed by atoms with Crippen molar-refractivity contribution in [2.24, 2.45) is 0 Å². The molecule has 1 saturated heterocycles. The summed E-state index contributed by atoms with van der Waals surface area (Å²) in [6, 6.07) is 0. The Hall–Kier alpha value is -0.910. The second-order valence-electron chi connectivity index (χ2n) is 5.73.